The molecule has 1 amide bonds. The van der Waals surface area contributed by atoms with Crippen LogP contribution in [0.5, 0.6) is 0 Å². The van der Waals surface area contributed by atoms with Gasteiger partial charge in [0.2, 0.25) is 0 Å². The first-order valence-electron chi connectivity index (χ1n) is 5.62. The highest BCUT2D eigenvalue weighted by atomic mass is 35.5. The second-order valence-corrected chi connectivity index (χ2v) is 5.68. The minimum absolute atomic E-state index is 0. The summed E-state index contributed by atoms with van der Waals surface area (Å²) in [6.45, 7) is 6.32. The van der Waals surface area contributed by atoms with E-state index in [1.165, 1.54) is 0 Å². The molecule has 1 atom stereocenters. The Kier molecular flexibility index (Phi) is 3.75. The average molecular weight is 249 g/mol. The summed E-state index contributed by atoms with van der Waals surface area (Å²) >= 11 is 0. The molecular weight excluding hydrogens is 228 g/mol. The Hall–Kier alpha value is -0.480. The Labute approximate surface area is 103 Å². The first-order chi connectivity index (χ1) is 6.87. The quantitative estimate of drug-likeness (QED) is 0.711. The van der Waals surface area contributed by atoms with Crippen LogP contribution < -0.4 is 5.73 Å². The molecule has 2 aliphatic heterocycles. The van der Waals surface area contributed by atoms with Crippen molar-refractivity contribution >= 4 is 18.5 Å². The van der Waals surface area contributed by atoms with Crippen molar-refractivity contribution in [2.24, 2.45) is 11.7 Å². The number of nitrogens with two attached hydrogens (primary N) is 1. The summed E-state index contributed by atoms with van der Waals surface area (Å²) < 4.78 is 5.35. The second kappa shape index (κ2) is 4.41. The van der Waals surface area contributed by atoms with Gasteiger partial charge in [-0.2, -0.15) is 0 Å². The molecular formula is C11H21ClN2O2. The SMILES string of the molecule is CC(C)(C)OC(=O)N1CC(N)C2CC1C2.Cl. The zero-order valence-corrected chi connectivity index (χ0v) is 10.9. The van der Waals surface area contributed by atoms with Crippen LogP contribution >= 0.6 is 12.4 Å². The maximum Gasteiger partial charge on any atom is 0.410 e. The van der Waals surface area contributed by atoms with Crippen LogP contribution in [0.1, 0.15) is 33.6 Å². The van der Waals surface area contributed by atoms with E-state index in [0.29, 0.717) is 18.5 Å². The van der Waals surface area contributed by atoms with E-state index < -0.39 is 5.60 Å². The van der Waals surface area contributed by atoms with E-state index in [2.05, 4.69) is 0 Å². The summed E-state index contributed by atoms with van der Waals surface area (Å²) in [6.07, 6.45) is 1.90. The van der Waals surface area contributed by atoms with E-state index in [4.69, 9.17) is 10.5 Å². The van der Waals surface area contributed by atoms with Crippen LogP contribution in [0.2, 0.25) is 0 Å². The van der Waals surface area contributed by atoms with Gasteiger partial charge in [0, 0.05) is 18.6 Å². The highest BCUT2D eigenvalue weighted by molar-refractivity contribution is 5.85. The predicted octanol–water partition coefficient (Wildman–Crippen LogP) is 1.76. The summed E-state index contributed by atoms with van der Waals surface area (Å²) in [5.74, 6) is 0.633. The molecule has 0 aromatic heterocycles. The van der Waals surface area contributed by atoms with Gasteiger partial charge in [0.05, 0.1) is 0 Å². The topological polar surface area (TPSA) is 55.6 Å². The molecule has 2 N–H and O–H groups in total. The van der Waals surface area contributed by atoms with E-state index in [9.17, 15) is 4.79 Å². The van der Waals surface area contributed by atoms with Crippen molar-refractivity contribution in [3.8, 4) is 0 Å². The highest BCUT2D eigenvalue weighted by Gasteiger charge is 2.46. The molecule has 3 fully saturated rings. The third kappa shape index (κ3) is 2.61. The van der Waals surface area contributed by atoms with Crippen molar-refractivity contribution in [2.75, 3.05) is 6.54 Å². The Morgan fingerprint density at radius 2 is 1.94 bits per heavy atom. The van der Waals surface area contributed by atoms with Crippen LogP contribution in [-0.4, -0.2) is 35.2 Å². The molecule has 0 spiro atoms. The molecule has 2 saturated heterocycles. The number of amides is 1. The lowest BCUT2D eigenvalue weighted by Gasteiger charge is -2.51. The molecule has 1 saturated carbocycles. The minimum atomic E-state index is -0.415. The van der Waals surface area contributed by atoms with Gasteiger partial charge in [0.15, 0.2) is 0 Å². The van der Waals surface area contributed by atoms with Crippen molar-refractivity contribution in [2.45, 2.75) is 51.3 Å². The monoisotopic (exact) mass is 248 g/mol. The van der Waals surface area contributed by atoms with Gasteiger partial charge in [-0.25, -0.2) is 4.79 Å². The van der Waals surface area contributed by atoms with Crippen LogP contribution in [0.15, 0.2) is 0 Å². The molecule has 0 aromatic rings. The fraction of sp³-hybridized carbons (Fsp3) is 0.909. The number of ether oxygens (including phenoxy) is 1. The third-order valence-corrected chi connectivity index (χ3v) is 3.23. The second-order valence-electron chi connectivity index (χ2n) is 5.68. The van der Waals surface area contributed by atoms with Crippen molar-refractivity contribution in [3.05, 3.63) is 0 Å². The fourth-order valence-corrected chi connectivity index (χ4v) is 2.30. The van der Waals surface area contributed by atoms with E-state index in [1.807, 2.05) is 20.8 Å². The number of hydrogen-bond acceptors (Lipinski definition) is 3. The maximum absolute atomic E-state index is 11.8. The van der Waals surface area contributed by atoms with Crippen molar-refractivity contribution < 1.29 is 9.53 Å². The Morgan fingerprint density at radius 3 is 2.38 bits per heavy atom. The van der Waals surface area contributed by atoms with Crippen molar-refractivity contribution in [3.63, 3.8) is 0 Å². The first kappa shape index (κ1) is 13.6. The number of fused-ring (bicyclic) bond motifs is 2. The normalized spacial score (nSPS) is 32.5. The summed E-state index contributed by atoms with van der Waals surface area (Å²) in [6, 6.07) is 0.521. The number of nitrogens with zero attached hydrogens (tertiary/aromatic N) is 1. The number of carbonyl (C=O) groups excluding carboxylic acids is 1. The molecule has 1 unspecified atom stereocenters. The molecule has 0 radical (unpaired) electrons. The summed E-state index contributed by atoms with van der Waals surface area (Å²) in [5.41, 5.74) is 5.54. The predicted molar refractivity (Wildman–Crippen MR) is 64.7 cm³/mol. The maximum atomic E-state index is 11.8. The molecule has 3 rings (SSSR count). The summed E-state index contributed by atoms with van der Waals surface area (Å²) in [4.78, 5) is 13.6. The Morgan fingerprint density at radius 1 is 1.38 bits per heavy atom. The van der Waals surface area contributed by atoms with Gasteiger partial charge in [-0.05, 0) is 39.5 Å². The Bertz CT molecular complexity index is 272. The molecule has 16 heavy (non-hydrogen) atoms. The summed E-state index contributed by atoms with van der Waals surface area (Å²) in [7, 11) is 0. The lowest BCUT2D eigenvalue weighted by Crippen LogP contribution is -2.63. The molecule has 1 aliphatic carbocycles. The lowest BCUT2D eigenvalue weighted by atomic mass is 9.71. The van der Waals surface area contributed by atoms with E-state index in [-0.39, 0.29) is 24.5 Å². The number of hydrogen-bond donors (Lipinski definition) is 1. The average Bonchev–Trinajstić information content (AvgIpc) is 1.97. The minimum Gasteiger partial charge on any atom is -0.444 e. The van der Waals surface area contributed by atoms with Gasteiger partial charge in [-0.1, -0.05) is 0 Å². The van der Waals surface area contributed by atoms with Gasteiger partial charge in [-0.15, -0.1) is 12.4 Å². The zero-order valence-electron chi connectivity index (χ0n) is 10.1. The standard InChI is InChI=1S/C11H20N2O2.ClH/c1-11(2,3)15-10(14)13-6-9(12)7-4-8(13)5-7;/h7-9H,4-6,12H2,1-3H3;1H. The van der Waals surface area contributed by atoms with Crippen molar-refractivity contribution in [1.29, 1.82) is 0 Å². The van der Waals surface area contributed by atoms with Crippen LogP contribution in [0.3, 0.4) is 0 Å². The van der Waals surface area contributed by atoms with Crippen LogP contribution in [-0.2, 0) is 4.74 Å². The van der Waals surface area contributed by atoms with Crippen LogP contribution in [0.4, 0.5) is 4.79 Å². The third-order valence-electron chi connectivity index (χ3n) is 3.23. The Balaban J connectivity index is 0.00000128. The van der Waals surface area contributed by atoms with Gasteiger partial charge < -0.3 is 15.4 Å². The molecule has 2 bridgehead atoms. The van der Waals surface area contributed by atoms with E-state index in [0.717, 1.165) is 12.8 Å². The van der Waals surface area contributed by atoms with Gasteiger partial charge in [0.25, 0.3) is 0 Å². The number of rotatable bonds is 0. The molecule has 4 nitrogen and oxygen atoms in total. The lowest BCUT2D eigenvalue weighted by molar-refractivity contribution is -0.0329. The van der Waals surface area contributed by atoms with Gasteiger partial charge >= 0.3 is 6.09 Å². The zero-order chi connectivity index (χ0) is 11.2. The van der Waals surface area contributed by atoms with Crippen LogP contribution in [0, 0.1) is 5.92 Å². The highest BCUT2D eigenvalue weighted by Crippen LogP contribution is 2.39. The molecule has 5 heteroatoms. The number of halogens is 1. The molecule has 94 valence electrons. The largest absolute Gasteiger partial charge is 0.444 e. The fourth-order valence-electron chi connectivity index (χ4n) is 2.30. The molecule has 2 heterocycles. The van der Waals surface area contributed by atoms with E-state index >= 15 is 0 Å². The van der Waals surface area contributed by atoms with Gasteiger partial charge in [-0.3, -0.25) is 0 Å². The summed E-state index contributed by atoms with van der Waals surface area (Å²) in [5, 5.41) is 0. The number of piperidine rings is 2. The van der Waals surface area contributed by atoms with E-state index in [1.54, 1.807) is 4.90 Å². The smallest absolute Gasteiger partial charge is 0.410 e. The first-order valence-corrected chi connectivity index (χ1v) is 5.62. The van der Waals surface area contributed by atoms with Crippen molar-refractivity contribution in [1.82, 2.24) is 4.90 Å². The van der Waals surface area contributed by atoms with Gasteiger partial charge in [0.1, 0.15) is 5.60 Å². The molecule has 3 aliphatic rings. The van der Waals surface area contributed by atoms with Crippen LogP contribution in [0.25, 0.3) is 0 Å². The molecule has 0 aromatic carbocycles. The number of carbonyl (C=O) groups is 1.